The Hall–Kier alpha value is -1.22. The summed E-state index contributed by atoms with van der Waals surface area (Å²) < 4.78 is 10.7. The molecule has 1 aromatic rings. The van der Waals surface area contributed by atoms with E-state index in [2.05, 4.69) is 0 Å². The molecule has 1 N–H and O–H groups in total. The molecule has 0 saturated carbocycles. The maximum absolute atomic E-state index is 9.02. The molecule has 0 saturated heterocycles. The summed E-state index contributed by atoms with van der Waals surface area (Å²) in [5.41, 5.74) is 0. The van der Waals surface area contributed by atoms with Crippen LogP contribution in [0, 0.1) is 0 Å². The Morgan fingerprint density at radius 1 is 1.06 bits per heavy atom. The van der Waals surface area contributed by atoms with Crippen molar-refractivity contribution in [2.24, 2.45) is 0 Å². The number of hydrogen-bond acceptors (Lipinski definition) is 3. The Balaban J connectivity index is 0.00000106. The normalized spacial score (nSPS) is 9.56. The number of phenolic OH excluding ortho intramolecular Hbond substituents is 1. The van der Waals surface area contributed by atoms with Crippen LogP contribution in [0.3, 0.4) is 0 Å². The third-order valence-electron chi connectivity index (χ3n) is 1.64. The van der Waals surface area contributed by atoms with Gasteiger partial charge in [-0.1, -0.05) is 13.8 Å². The van der Waals surface area contributed by atoms with E-state index in [1.54, 1.807) is 24.3 Å². The SMILES string of the molecule is CC.CC(C)OCCOc1ccc(O)cc1. The van der Waals surface area contributed by atoms with Crippen LogP contribution in [0.2, 0.25) is 0 Å². The van der Waals surface area contributed by atoms with Gasteiger partial charge in [-0.15, -0.1) is 0 Å². The summed E-state index contributed by atoms with van der Waals surface area (Å²) in [5.74, 6) is 0.992. The molecule has 3 nitrogen and oxygen atoms in total. The standard InChI is InChI=1S/C11H16O3.C2H6/c1-9(2)13-7-8-14-11-5-3-10(12)4-6-11;1-2/h3-6,9,12H,7-8H2,1-2H3;1-2H3. The Kier molecular flexibility index (Phi) is 8.35. The highest BCUT2D eigenvalue weighted by Gasteiger charge is 1.95. The van der Waals surface area contributed by atoms with Crippen molar-refractivity contribution < 1.29 is 14.6 Å². The van der Waals surface area contributed by atoms with Crippen LogP contribution < -0.4 is 4.74 Å². The molecule has 16 heavy (non-hydrogen) atoms. The second-order valence-electron chi connectivity index (χ2n) is 3.26. The van der Waals surface area contributed by atoms with E-state index in [0.29, 0.717) is 13.2 Å². The molecule has 0 aliphatic heterocycles. The predicted molar refractivity (Wildman–Crippen MR) is 66.0 cm³/mol. The van der Waals surface area contributed by atoms with Crippen molar-refractivity contribution in [1.29, 1.82) is 0 Å². The van der Waals surface area contributed by atoms with Crippen LogP contribution in [0.1, 0.15) is 27.7 Å². The molecule has 0 aliphatic carbocycles. The van der Waals surface area contributed by atoms with Crippen molar-refractivity contribution in [2.45, 2.75) is 33.8 Å². The third-order valence-corrected chi connectivity index (χ3v) is 1.64. The zero-order chi connectivity index (χ0) is 12.4. The zero-order valence-electron chi connectivity index (χ0n) is 10.6. The van der Waals surface area contributed by atoms with Gasteiger partial charge in [-0.2, -0.15) is 0 Å². The van der Waals surface area contributed by atoms with Gasteiger partial charge in [0, 0.05) is 0 Å². The fourth-order valence-electron chi connectivity index (χ4n) is 0.986. The van der Waals surface area contributed by atoms with Crippen LogP contribution in [0.4, 0.5) is 0 Å². The predicted octanol–water partition coefficient (Wildman–Crippen LogP) is 3.22. The molecule has 0 unspecified atom stereocenters. The number of ether oxygens (including phenoxy) is 2. The Labute approximate surface area is 98.0 Å². The monoisotopic (exact) mass is 226 g/mol. The molecule has 1 rings (SSSR count). The summed E-state index contributed by atoms with van der Waals surface area (Å²) in [4.78, 5) is 0. The van der Waals surface area contributed by atoms with E-state index in [1.165, 1.54) is 0 Å². The van der Waals surface area contributed by atoms with Crippen molar-refractivity contribution in [3.8, 4) is 11.5 Å². The lowest BCUT2D eigenvalue weighted by Crippen LogP contribution is -2.11. The first-order valence-electron chi connectivity index (χ1n) is 5.72. The summed E-state index contributed by atoms with van der Waals surface area (Å²) >= 11 is 0. The van der Waals surface area contributed by atoms with Crippen molar-refractivity contribution in [3.63, 3.8) is 0 Å². The number of benzene rings is 1. The molecule has 0 atom stereocenters. The molecule has 0 aromatic heterocycles. The van der Waals surface area contributed by atoms with Crippen LogP contribution in [-0.4, -0.2) is 24.4 Å². The number of rotatable bonds is 5. The minimum atomic E-state index is 0.235. The molecule has 3 heteroatoms. The van der Waals surface area contributed by atoms with E-state index in [0.717, 1.165) is 5.75 Å². The summed E-state index contributed by atoms with van der Waals surface area (Å²) in [5, 5.41) is 9.02. The molecule has 0 amide bonds. The van der Waals surface area contributed by atoms with Crippen molar-refractivity contribution in [1.82, 2.24) is 0 Å². The van der Waals surface area contributed by atoms with Gasteiger partial charge in [0.15, 0.2) is 0 Å². The molecular formula is C13H22O3. The Morgan fingerprint density at radius 2 is 1.62 bits per heavy atom. The summed E-state index contributed by atoms with van der Waals surface area (Å²) in [6, 6.07) is 6.65. The zero-order valence-corrected chi connectivity index (χ0v) is 10.6. The molecular weight excluding hydrogens is 204 g/mol. The van der Waals surface area contributed by atoms with Gasteiger partial charge in [0.2, 0.25) is 0 Å². The number of hydrogen-bond donors (Lipinski definition) is 1. The molecule has 0 fully saturated rings. The van der Waals surface area contributed by atoms with Crippen molar-refractivity contribution in [2.75, 3.05) is 13.2 Å². The first-order chi connectivity index (χ1) is 7.68. The molecule has 0 bridgehead atoms. The lowest BCUT2D eigenvalue weighted by Gasteiger charge is -2.08. The molecule has 0 heterocycles. The maximum Gasteiger partial charge on any atom is 0.119 e. The topological polar surface area (TPSA) is 38.7 Å². The van der Waals surface area contributed by atoms with E-state index >= 15 is 0 Å². The van der Waals surface area contributed by atoms with Crippen molar-refractivity contribution >= 4 is 0 Å². The van der Waals surface area contributed by atoms with Gasteiger partial charge >= 0.3 is 0 Å². The van der Waals surface area contributed by atoms with E-state index in [-0.39, 0.29) is 11.9 Å². The first kappa shape index (κ1) is 14.8. The lowest BCUT2D eigenvalue weighted by atomic mass is 10.3. The fourth-order valence-corrected chi connectivity index (χ4v) is 0.986. The highest BCUT2D eigenvalue weighted by atomic mass is 16.5. The Bertz CT molecular complexity index is 254. The number of aromatic hydroxyl groups is 1. The summed E-state index contributed by atoms with van der Waals surface area (Å²) in [6.45, 7) is 9.09. The van der Waals surface area contributed by atoms with Gasteiger partial charge < -0.3 is 14.6 Å². The van der Waals surface area contributed by atoms with Gasteiger partial charge in [-0.3, -0.25) is 0 Å². The molecule has 0 aliphatic rings. The second-order valence-corrected chi connectivity index (χ2v) is 3.26. The van der Waals surface area contributed by atoms with E-state index in [4.69, 9.17) is 14.6 Å². The van der Waals surface area contributed by atoms with Crippen LogP contribution in [-0.2, 0) is 4.74 Å². The average Bonchev–Trinajstić information content (AvgIpc) is 2.29. The van der Waals surface area contributed by atoms with E-state index < -0.39 is 0 Å². The van der Waals surface area contributed by atoms with Gasteiger partial charge in [0.05, 0.1) is 12.7 Å². The largest absolute Gasteiger partial charge is 0.508 e. The minimum absolute atomic E-state index is 0.235. The van der Waals surface area contributed by atoms with Crippen molar-refractivity contribution in [3.05, 3.63) is 24.3 Å². The quantitative estimate of drug-likeness (QED) is 0.783. The van der Waals surface area contributed by atoms with E-state index in [1.807, 2.05) is 27.7 Å². The van der Waals surface area contributed by atoms with Crippen LogP contribution >= 0.6 is 0 Å². The van der Waals surface area contributed by atoms with Crippen LogP contribution in [0.25, 0.3) is 0 Å². The van der Waals surface area contributed by atoms with E-state index in [9.17, 15) is 0 Å². The molecule has 1 aromatic carbocycles. The smallest absolute Gasteiger partial charge is 0.119 e. The number of phenols is 1. The minimum Gasteiger partial charge on any atom is -0.508 e. The van der Waals surface area contributed by atoms with Crippen LogP contribution in [0.15, 0.2) is 24.3 Å². The molecule has 92 valence electrons. The molecule has 0 radical (unpaired) electrons. The third kappa shape index (κ3) is 7.12. The molecule has 0 spiro atoms. The van der Waals surface area contributed by atoms with Gasteiger partial charge in [0.25, 0.3) is 0 Å². The van der Waals surface area contributed by atoms with Gasteiger partial charge in [-0.25, -0.2) is 0 Å². The lowest BCUT2D eigenvalue weighted by molar-refractivity contribution is 0.0552. The van der Waals surface area contributed by atoms with Gasteiger partial charge in [-0.05, 0) is 38.1 Å². The Morgan fingerprint density at radius 3 is 2.12 bits per heavy atom. The maximum atomic E-state index is 9.02. The average molecular weight is 226 g/mol. The van der Waals surface area contributed by atoms with Crippen LogP contribution in [0.5, 0.6) is 11.5 Å². The highest BCUT2D eigenvalue weighted by Crippen LogP contribution is 2.15. The summed E-state index contributed by atoms with van der Waals surface area (Å²) in [6.07, 6.45) is 0.235. The second kappa shape index (κ2) is 9.04. The van der Waals surface area contributed by atoms with Gasteiger partial charge in [0.1, 0.15) is 18.1 Å². The highest BCUT2D eigenvalue weighted by molar-refractivity contribution is 5.29. The first-order valence-corrected chi connectivity index (χ1v) is 5.72. The fraction of sp³-hybridized carbons (Fsp3) is 0.538. The summed E-state index contributed by atoms with van der Waals surface area (Å²) in [7, 11) is 0.